The number of benzene rings is 1. The molecule has 1 fully saturated rings. The average Bonchev–Trinajstić information content (AvgIpc) is 2.76. The van der Waals surface area contributed by atoms with Gasteiger partial charge in [-0.15, -0.1) is 0 Å². The Kier molecular flexibility index (Phi) is 10.7. The van der Waals surface area contributed by atoms with Gasteiger partial charge in [-0.1, -0.05) is 26.0 Å². The molecule has 1 aromatic rings. The summed E-state index contributed by atoms with van der Waals surface area (Å²) in [6.45, 7) is 12.6. The molecule has 2 rings (SSSR count). The molecule has 3 N–H and O–H groups in total. The molecule has 168 valence electrons. The van der Waals surface area contributed by atoms with Crippen molar-refractivity contribution in [1.29, 1.82) is 0 Å². The van der Waals surface area contributed by atoms with Crippen molar-refractivity contribution in [2.75, 3.05) is 53.0 Å². The first-order valence-electron chi connectivity index (χ1n) is 11.2. The summed E-state index contributed by atoms with van der Waals surface area (Å²) in [6, 6.07) is 8.20. The smallest absolute Gasteiger partial charge is 0.251 e. The zero-order chi connectivity index (χ0) is 21.8. The lowest BCUT2D eigenvalue weighted by atomic mass is 10.0. The second kappa shape index (κ2) is 13.2. The summed E-state index contributed by atoms with van der Waals surface area (Å²) < 4.78 is 5.52. The summed E-state index contributed by atoms with van der Waals surface area (Å²) in [4.78, 5) is 19.2. The Bertz CT molecular complexity index is 671. The van der Waals surface area contributed by atoms with Crippen molar-refractivity contribution in [3.05, 3.63) is 35.4 Å². The van der Waals surface area contributed by atoms with Crippen molar-refractivity contribution in [1.82, 2.24) is 20.9 Å². The molecule has 7 heteroatoms. The van der Waals surface area contributed by atoms with Gasteiger partial charge in [0.25, 0.3) is 5.91 Å². The highest BCUT2D eigenvalue weighted by atomic mass is 16.5. The van der Waals surface area contributed by atoms with E-state index in [-0.39, 0.29) is 5.91 Å². The van der Waals surface area contributed by atoms with Gasteiger partial charge in [0.15, 0.2) is 5.96 Å². The molecule has 1 heterocycles. The maximum Gasteiger partial charge on any atom is 0.251 e. The maximum atomic E-state index is 11.8. The van der Waals surface area contributed by atoms with E-state index in [9.17, 15) is 4.79 Å². The van der Waals surface area contributed by atoms with Gasteiger partial charge in [-0.05, 0) is 43.4 Å². The third-order valence-electron chi connectivity index (χ3n) is 5.23. The normalized spacial score (nSPS) is 16.4. The molecule has 1 aliphatic rings. The van der Waals surface area contributed by atoms with Crippen LogP contribution in [0.4, 0.5) is 0 Å². The second-order valence-electron chi connectivity index (χ2n) is 8.11. The Balaban J connectivity index is 1.93. The molecule has 0 aromatic heterocycles. The highest BCUT2D eigenvalue weighted by Crippen LogP contribution is 2.14. The highest BCUT2D eigenvalue weighted by Gasteiger charge is 2.21. The number of morpholine rings is 1. The molecular formula is C23H39N5O2. The minimum Gasteiger partial charge on any atom is -0.379 e. The molecule has 1 amide bonds. The van der Waals surface area contributed by atoms with E-state index in [4.69, 9.17) is 9.73 Å². The Morgan fingerprint density at radius 2 is 2.00 bits per heavy atom. The predicted octanol–water partition coefficient (Wildman–Crippen LogP) is 1.89. The minimum absolute atomic E-state index is 0.0565. The fraction of sp³-hybridized carbons (Fsp3) is 0.652. The fourth-order valence-corrected chi connectivity index (χ4v) is 3.70. The minimum atomic E-state index is -0.0565. The molecule has 30 heavy (non-hydrogen) atoms. The number of aliphatic imine (C=N–C) groups is 1. The van der Waals surface area contributed by atoms with Crippen LogP contribution in [0.1, 0.15) is 43.1 Å². The lowest BCUT2D eigenvalue weighted by Crippen LogP contribution is -2.46. The standard InChI is InChI=1S/C23H39N5O2/c1-5-25-23(26-10-9-19-7-6-8-20(16-19)22(29)24-4)27-17-21(15-18(2)3)28-11-13-30-14-12-28/h6-8,16,18,21H,5,9-15,17H2,1-4H3,(H,24,29)(H2,25,26,27). The first kappa shape index (κ1) is 24.2. The van der Waals surface area contributed by atoms with Gasteiger partial charge in [0.05, 0.1) is 19.8 Å². The van der Waals surface area contributed by atoms with Crippen LogP contribution in [0.3, 0.4) is 0 Å². The van der Waals surface area contributed by atoms with Crippen LogP contribution in [0.15, 0.2) is 29.3 Å². The summed E-state index contributed by atoms with van der Waals surface area (Å²) in [7, 11) is 1.65. The van der Waals surface area contributed by atoms with Gasteiger partial charge in [0, 0.05) is 44.8 Å². The van der Waals surface area contributed by atoms with Crippen LogP contribution in [0, 0.1) is 5.92 Å². The molecular weight excluding hydrogens is 378 g/mol. The third-order valence-corrected chi connectivity index (χ3v) is 5.23. The van der Waals surface area contributed by atoms with Gasteiger partial charge in [-0.25, -0.2) is 0 Å². The number of hydrogen-bond donors (Lipinski definition) is 3. The zero-order valence-corrected chi connectivity index (χ0v) is 19.0. The van der Waals surface area contributed by atoms with E-state index in [1.165, 1.54) is 0 Å². The molecule has 0 radical (unpaired) electrons. The third kappa shape index (κ3) is 8.32. The summed E-state index contributed by atoms with van der Waals surface area (Å²) in [6.07, 6.45) is 1.96. The van der Waals surface area contributed by atoms with Crippen molar-refractivity contribution in [3.8, 4) is 0 Å². The average molecular weight is 418 g/mol. The van der Waals surface area contributed by atoms with E-state index < -0.39 is 0 Å². The Hall–Kier alpha value is -2.12. The SMILES string of the molecule is CCNC(=NCC(CC(C)C)N1CCOCC1)NCCc1cccc(C(=O)NC)c1. The van der Waals surface area contributed by atoms with Crippen molar-refractivity contribution in [3.63, 3.8) is 0 Å². The van der Waals surface area contributed by atoms with Crippen LogP contribution in [0.25, 0.3) is 0 Å². The van der Waals surface area contributed by atoms with Gasteiger partial charge < -0.3 is 20.7 Å². The van der Waals surface area contributed by atoms with Gasteiger partial charge in [-0.3, -0.25) is 14.7 Å². The van der Waals surface area contributed by atoms with E-state index in [1.807, 2.05) is 18.2 Å². The number of rotatable bonds is 10. The van der Waals surface area contributed by atoms with Crippen LogP contribution in [-0.4, -0.2) is 75.8 Å². The van der Waals surface area contributed by atoms with Gasteiger partial charge >= 0.3 is 0 Å². The Morgan fingerprint density at radius 1 is 1.23 bits per heavy atom. The van der Waals surface area contributed by atoms with E-state index in [0.29, 0.717) is 17.5 Å². The van der Waals surface area contributed by atoms with Crippen LogP contribution in [0.5, 0.6) is 0 Å². The number of nitrogens with one attached hydrogen (secondary N) is 3. The molecule has 0 spiro atoms. The summed E-state index contributed by atoms with van der Waals surface area (Å²) in [5.41, 5.74) is 1.82. The molecule has 0 bridgehead atoms. The largest absolute Gasteiger partial charge is 0.379 e. The summed E-state index contributed by atoms with van der Waals surface area (Å²) in [5, 5.41) is 9.46. The number of ether oxygens (including phenoxy) is 1. The number of amides is 1. The first-order chi connectivity index (χ1) is 14.5. The zero-order valence-electron chi connectivity index (χ0n) is 19.0. The quantitative estimate of drug-likeness (QED) is 0.400. The molecule has 0 saturated carbocycles. The van der Waals surface area contributed by atoms with E-state index in [2.05, 4.69) is 47.7 Å². The van der Waals surface area contributed by atoms with Gasteiger partial charge in [0.1, 0.15) is 0 Å². The Labute approximate surface area is 181 Å². The number of nitrogens with zero attached hydrogens (tertiary/aromatic N) is 2. The summed E-state index contributed by atoms with van der Waals surface area (Å²) >= 11 is 0. The van der Waals surface area contributed by atoms with Crippen LogP contribution in [0.2, 0.25) is 0 Å². The number of guanidine groups is 1. The van der Waals surface area contributed by atoms with Crippen LogP contribution >= 0.6 is 0 Å². The molecule has 1 atom stereocenters. The predicted molar refractivity (Wildman–Crippen MR) is 123 cm³/mol. The van der Waals surface area contributed by atoms with Crippen molar-refractivity contribution in [2.24, 2.45) is 10.9 Å². The lowest BCUT2D eigenvalue weighted by Gasteiger charge is -2.34. The van der Waals surface area contributed by atoms with Crippen LogP contribution in [-0.2, 0) is 11.2 Å². The van der Waals surface area contributed by atoms with E-state index in [0.717, 1.165) is 70.3 Å². The molecule has 1 aromatic carbocycles. The highest BCUT2D eigenvalue weighted by molar-refractivity contribution is 5.94. The number of hydrogen-bond acceptors (Lipinski definition) is 4. The molecule has 1 aliphatic heterocycles. The molecule has 0 aliphatic carbocycles. The van der Waals surface area contributed by atoms with Crippen LogP contribution < -0.4 is 16.0 Å². The van der Waals surface area contributed by atoms with Gasteiger partial charge in [0.2, 0.25) is 0 Å². The number of carbonyl (C=O) groups is 1. The lowest BCUT2D eigenvalue weighted by molar-refractivity contribution is 0.0143. The topological polar surface area (TPSA) is 78.0 Å². The molecule has 7 nitrogen and oxygen atoms in total. The fourth-order valence-electron chi connectivity index (χ4n) is 3.70. The molecule has 1 saturated heterocycles. The summed E-state index contributed by atoms with van der Waals surface area (Å²) in [5.74, 6) is 1.43. The van der Waals surface area contributed by atoms with Crippen molar-refractivity contribution in [2.45, 2.75) is 39.7 Å². The molecule has 1 unspecified atom stereocenters. The maximum absolute atomic E-state index is 11.8. The van der Waals surface area contributed by atoms with Crippen molar-refractivity contribution >= 4 is 11.9 Å². The first-order valence-corrected chi connectivity index (χ1v) is 11.2. The number of carbonyl (C=O) groups excluding carboxylic acids is 1. The Morgan fingerprint density at radius 3 is 2.67 bits per heavy atom. The monoisotopic (exact) mass is 417 g/mol. The van der Waals surface area contributed by atoms with Crippen molar-refractivity contribution < 1.29 is 9.53 Å². The van der Waals surface area contributed by atoms with Gasteiger partial charge in [-0.2, -0.15) is 0 Å². The second-order valence-corrected chi connectivity index (χ2v) is 8.11. The van der Waals surface area contributed by atoms with E-state index >= 15 is 0 Å². The van der Waals surface area contributed by atoms with E-state index in [1.54, 1.807) is 7.05 Å².